The summed E-state index contributed by atoms with van der Waals surface area (Å²) in [5.41, 5.74) is 0.574. The van der Waals surface area contributed by atoms with E-state index in [9.17, 15) is 4.79 Å². The molecule has 2 rings (SSSR count). The molecule has 5 heteroatoms. The third-order valence-electron chi connectivity index (χ3n) is 2.78. The lowest BCUT2D eigenvalue weighted by Crippen LogP contribution is -2.36. The number of aliphatic hydroxyl groups excluding tert-OH is 1. The van der Waals surface area contributed by atoms with E-state index in [2.05, 4.69) is 0 Å². The molecule has 0 bridgehead atoms. The van der Waals surface area contributed by atoms with Gasteiger partial charge in [-0.05, 0) is 18.9 Å². The maximum atomic E-state index is 12.2. The average Bonchev–Trinajstić information content (AvgIpc) is 3.00. The number of carbonyl (C=O) groups is 1. The van der Waals surface area contributed by atoms with Crippen molar-refractivity contribution in [2.24, 2.45) is 7.05 Å². The number of amides is 1. The van der Waals surface area contributed by atoms with Crippen molar-refractivity contribution in [3.63, 3.8) is 0 Å². The second-order valence-electron chi connectivity index (χ2n) is 4.11. The van der Waals surface area contributed by atoms with Gasteiger partial charge in [0, 0.05) is 25.8 Å². The predicted octanol–water partition coefficient (Wildman–Crippen LogP) is 1.28. The summed E-state index contributed by atoms with van der Waals surface area (Å²) in [5, 5.41) is 9.52. The fourth-order valence-electron chi connectivity index (χ4n) is 1.83. The molecule has 1 heterocycles. The van der Waals surface area contributed by atoms with Crippen LogP contribution in [0.15, 0.2) is 12.3 Å². The first-order valence-corrected chi connectivity index (χ1v) is 5.75. The van der Waals surface area contributed by atoms with E-state index < -0.39 is 0 Å². The largest absolute Gasteiger partial charge is 0.395 e. The first kappa shape index (κ1) is 11.5. The minimum absolute atomic E-state index is 0.000392. The van der Waals surface area contributed by atoms with Gasteiger partial charge in [0.05, 0.1) is 11.6 Å². The molecule has 88 valence electrons. The van der Waals surface area contributed by atoms with Crippen molar-refractivity contribution in [1.29, 1.82) is 0 Å². The van der Waals surface area contributed by atoms with Crippen LogP contribution in [-0.4, -0.2) is 39.7 Å². The van der Waals surface area contributed by atoms with Crippen molar-refractivity contribution in [3.8, 4) is 0 Å². The van der Waals surface area contributed by atoms with Gasteiger partial charge in [-0.2, -0.15) is 0 Å². The SMILES string of the molecule is Cn1cc(Cl)cc1C(=O)N(CCO)C1CC1. The average molecular weight is 243 g/mol. The molecule has 1 aromatic heterocycles. The number of nitrogens with zero attached hydrogens (tertiary/aromatic N) is 2. The highest BCUT2D eigenvalue weighted by molar-refractivity contribution is 6.31. The second kappa shape index (κ2) is 4.47. The van der Waals surface area contributed by atoms with E-state index in [1.54, 1.807) is 28.8 Å². The van der Waals surface area contributed by atoms with Crippen LogP contribution >= 0.6 is 11.6 Å². The van der Waals surface area contributed by atoms with Gasteiger partial charge in [-0.15, -0.1) is 0 Å². The Labute approximate surface area is 99.4 Å². The van der Waals surface area contributed by atoms with Gasteiger partial charge in [-0.1, -0.05) is 11.6 Å². The molecule has 4 nitrogen and oxygen atoms in total. The van der Waals surface area contributed by atoms with E-state index in [1.165, 1.54) is 0 Å². The number of halogens is 1. The number of rotatable bonds is 4. The Hall–Kier alpha value is -1.00. The molecule has 0 aromatic carbocycles. The number of aryl methyl sites for hydroxylation is 1. The number of hydrogen-bond acceptors (Lipinski definition) is 2. The highest BCUT2D eigenvalue weighted by atomic mass is 35.5. The summed E-state index contributed by atoms with van der Waals surface area (Å²) in [4.78, 5) is 13.9. The molecule has 1 aromatic rings. The van der Waals surface area contributed by atoms with Gasteiger partial charge in [0.25, 0.3) is 5.91 Å². The maximum Gasteiger partial charge on any atom is 0.270 e. The highest BCUT2D eigenvalue weighted by Crippen LogP contribution is 2.28. The van der Waals surface area contributed by atoms with E-state index in [-0.39, 0.29) is 12.5 Å². The molecule has 1 saturated carbocycles. The maximum absolute atomic E-state index is 12.2. The molecular formula is C11H15ClN2O2. The van der Waals surface area contributed by atoms with Gasteiger partial charge in [-0.3, -0.25) is 4.79 Å². The Balaban J connectivity index is 2.18. The van der Waals surface area contributed by atoms with E-state index in [4.69, 9.17) is 16.7 Å². The Morgan fingerprint density at radius 1 is 1.69 bits per heavy atom. The van der Waals surface area contributed by atoms with Crippen LogP contribution in [0.25, 0.3) is 0 Å². The smallest absolute Gasteiger partial charge is 0.270 e. The van der Waals surface area contributed by atoms with E-state index in [1.807, 2.05) is 0 Å². The van der Waals surface area contributed by atoms with E-state index in [0.29, 0.717) is 23.3 Å². The van der Waals surface area contributed by atoms with Crippen LogP contribution in [0.4, 0.5) is 0 Å². The zero-order valence-corrected chi connectivity index (χ0v) is 9.94. The zero-order chi connectivity index (χ0) is 11.7. The Kier molecular flexibility index (Phi) is 3.21. The molecule has 1 amide bonds. The molecule has 1 fully saturated rings. The molecule has 0 aliphatic heterocycles. The minimum atomic E-state index is -0.0500. The summed E-state index contributed by atoms with van der Waals surface area (Å²) < 4.78 is 1.72. The van der Waals surface area contributed by atoms with Crippen molar-refractivity contribution >= 4 is 17.5 Å². The molecule has 0 spiro atoms. The molecule has 0 saturated heterocycles. The minimum Gasteiger partial charge on any atom is -0.395 e. The molecule has 1 aliphatic rings. The number of carbonyl (C=O) groups excluding carboxylic acids is 1. The van der Waals surface area contributed by atoms with Crippen LogP contribution in [0.5, 0.6) is 0 Å². The summed E-state index contributed by atoms with van der Waals surface area (Å²) >= 11 is 5.85. The first-order chi connectivity index (χ1) is 7.63. The van der Waals surface area contributed by atoms with Crippen molar-refractivity contribution in [1.82, 2.24) is 9.47 Å². The van der Waals surface area contributed by atoms with Crippen molar-refractivity contribution in [2.75, 3.05) is 13.2 Å². The number of aliphatic hydroxyl groups is 1. The monoisotopic (exact) mass is 242 g/mol. The van der Waals surface area contributed by atoms with Crippen LogP contribution in [0.2, 0.25) is 5.02 Å². The molecule has 0 radical (unpaired) electrons. The third-order valence-corrected chi connectivity index (χ3v) is 2.99. The summed E-state index contributed by atoms with van der Waals surface area (Å²) in [6, 6.07) is 1.96. The lowest BCUT2D eigenvalue weighted by Gasteiger charge is -2.21. The van der Waals surface area contributed by atoms with Crippen LogP contribution in [0.3, 0.4) is 0 Å². The van der Waals surface area contributed by atoms with Gasteiger partial charge in [0.1, 0.15) is 5.69 Å². The fraction of sp³-hybridized carbons (Fsp3) is 0.545. The topological polar surface area (TPSA) is 45.5 Å². The normalized spacial score (nSPS) is 15.2. The first-order valence-electron chi connectivity index (χ1n) is 5.37. The Morgan fingerprint density at radius 2 is 2.38 bits per heavy atom. The number of hydrogen-bond donors (Lipinski definition) is 1. The van der Waals surface area contributed by atoms with Crippen LogP contribution < -0.4 is 0 Å². The molecule has 0 unspecified atom stereocenters. The van der Waals surface area contributed by atoms with Crippen molar-refractivity contribution < 1.29 is 9.90 Å². The highest BCUT2D eigenvalue weighted by Gasteiger charge is 2.33. The van der Waals surface area contributed by atoms with Crippen molar-refractivity contribution in [3.05, 3.63) is 23.0 Å². The Bertz CT molecular complexity index is 399. The molecule has 16 heavy (non-hydrogen) atoms. The van der Waals surface area contributed by atoms with Crippen molar-refractivity contribution in [2.45, 2.75) is 18.9 Å². The van der Waals surface area contributed by atoms with Crippen LogP contribution in [-0.2, 0) is 7.05 Å². The zero-order valence-electron chi connectivity index (χ0n) is 9.19. The lowest BCUT2D eigenvalue weighted by molar-refractivity contribution is 0.0698. The van der Waals surface area contributed by atoms with Gasteiger partial charge >= 0.3 is 0 Å². The molecular weight excluding hydrogens is 228 g/mol. The fourth-order valence-corrected chi connectivity index (χ4v) is 2.08. The second-order valence-corrected chi connectivity index (χ2v) is 4.54. The lowest BCUT2D eigenvalue weighted by atomic mass is 10.3. The molecule has 0 atom stereocenters. The quantitative estimate of drug-likeness (QED) is 0.865. The summed E-state index contributed by atoms with van der Waals surface area (Å²) in [6.07, 6.45) is 3.77. The van der Waals surface area contributed by atoms with Crippen LogP contribution in [0.1, 0.15) is 23.3 Å². The van der Waals surface area contributed by atoms with Crippen LogP contribution in [0, 0.1) is 0 Å². The third kappa shape index (κ3) is 2.23. The molecule has 1 aliphatic carbocycles. The predicted molar refractivity (Wildman–Crippen MR) is 61.6 cm³/mol. The van der Waals surface area contributed by atoms with Gasteiger partial charge in [0.2, 0.25) is 0 Å². The summed E-state index contributed by atoms with van der Waals surface area (Å²) in [7, 11) is 1.79. The summed E-state index contributed by atoms with van der Waals surface area (Å²) in [5.74, 6) is -0.0500. The Morgan fingerprint density at radius 3 is 2.81 bits per heavy atom. The van der Waals surface area contributed by atoms with E-state index >= 15 is 0 Å². The van der Waals surface area contributed by atoms with Gasteiger partial charge < -0.3 is 14.6 Å². The van der Waals surface area contributed by atoms with E-state index in [0.717, 1.165) is 12.8 Å². The van der Waals surface area contributed by atoms with Gasteiger partial charge in [-0.25, -0.2) is 0 Å². The molecule has 1 N–H and O–H groups in total. The standard InChI is InChI=1S/C11H15ClN2O2/c1-13-7-8(12)6-10(13)11(16)14(4-5-15)9-2-3-9/h6-7,9,15H,2-5H2,1H3. The summed E-state index contributed by atoms with van der Waals surface area (Å²) in [6.45, 7) is 0.396. The van der Waals surface area contributed by atoms with Gasteiger partial charge in [0.15, 0.2) is 0 Å². The number of aromatic nitrogens is 1.